The summed E-state index contributed by atoms with van der Waals surface area (Å²) in [6.07, 6.45) is 6.18. The minimum absolute atomic E-state index is 0.0481. The zero-order valence-electron chi connectivity index (χ0n) is 20.8. The molecule has 6 heteroatoms. The molecule has 1 aliphatic carbocycles. The molecule has 4 aromatic rings. The third-order valence-corrected chi connectivity index (χ3v) is 8.51. The molecule has 7 rings (SSSR count). The van der Waals surface area contributed by atoms with E-state index in [2.05, 4.69) is 56.8 Å². The summed E-state index contributed by atoms with van der Waals surface area (Å²) in [6.45, 7) is 0. The first kappa shape index (κ1) is 22.5. The van der Waals surface area contributed by atoms with Gasteiger partial charge in [0.25, 0.3) is 5.91 Å². The second-order valence-electron chi connectivity index (χ2n) is 11.0. The molecule has 2 bridgehead atoms. The first-order valence-electron chi connectivity index (χ1n) is 13.5. The van der Waals surface area contributed by atoms with Gasteiger partial charge in [0, 0.05) is 34.3 Å². The van der Waals surface area contributed by atoms with Gasteiger partial charge in [-0.25, -0.2) is 0 Å². The Hall–Kier alpha value is -3.64. The number of hydrogen-bond donors (Lipinski definition) is 3. The van der Waals surface area contributed by atoms with Crippen LogP contribution in [-0.4, -0.2) is 39.4 Å². The van der Waals surface area contributed by atoms with Gasteiger partial charge < -0.3 is 15.3 Å². The van der Waals surface area contributed by atoms with Crippen LogP contribution >= 0.6 is 0 Å². The molecule has 3 aromatic carbocycles. The van der Waals surface area contributed by atoms with Crippen LogP contribution < -0.4 is 10.2 Å². The second kappa shape index (κ2) is 9.03. The summed E-state index contributed by atoms with van der Waals surface area (Å²) in [5.41, 5.74) is 5.83. The highest BCUT2D eigenvalue weighted by molar-refractivity contribution is 6.01. The number of aliphatic hydroxyl groups excluding tert-OH is 1. The molecule has 1 saturated carbocycles. The molecule has 4 atom stereocenters. The topological polar surface area (TPSA) is 81.2 Å². The van der Waals surface area contributed by atoms with Gasteiger partial charge in [0.2, 0.25) is 0 Å². The number of fused-ring (bicyclic) bond motifs is 3. The van der Waals surface area contributed by atoms with E-state index in [1.165, 1.54) is 11.3 Å². The van der Waals surface area contributed by atoms with Gasteiger partial charge in [-0.3, -0.25) is 9.89 Å². The van der Waals surface area contributed by atoms with Gasteiger partial charge in [-0.05, 0) is 80.3 Å². The predicted octanol–water partition coefficient (Wildman–Crippen LogP) is 5.60. The fraction of sp³-hybridized carbons (Fsp3) is 0.355. The number of aromatic amines is 1. The summed E-state index contributed by atoms with van der Waals surface area (Å²) >= 11 is 0. The number of carbonyl (C=O) groups excluding carboxylic acids is 1. The SMILES string of the molecule is O=C(N[C@H](c1ccccc1)C1CC1)c1ccc2[nH]nc(-c3ccc(N4[C@@H]5CC[C@H]4C[C@@H](O)C5)cc3)c2c1. The monoisotopic (exact) mass is 492 g/mol. The van der Waals surface area contributed by atoms with E-state index < -0.39 is 0 Å². The average molecular weight is 493 g/mol. The molecule has 6 nitrogen and oxygen atoms in total. The zero-order chi connectivity index (χ0) is 24.9. The minimum atomic E-state index is -0.165. The van der Waals surface area contributed by atoms with Crippen LogP contribution in [-0.2, 0) is 0 Å². The molecule has 1 aromatic heterocycles. The molecule has 2 saturated heterocycles. The van der Waals surface area contributed by atoms with Crippen molar-refractivity contribution in [3.05, 3.63) is 83.9 Å². The van der Waals surface area contributed by atoms with Crippen molar-refractivity contribution >= 4 is 22.5 Å². The lowest BCUT2D eigenvalue weighted by Gasteiger charge is -2.39. The van der Waals surface area contributed by atoms with E-state index in [-0.39, 0.29) is 18.1 Å². The Labute approximate surface area is 216 Å². The van der Waals surface area contributed by atoms with Crippen molar-refractivity contribution in [1.29, 1.82) is 0 Å². The van der Waals surface area contributed by atoms with Gasteiger partial charge in [0.1, 0.15) is 0 Å². The van der Waals surface area contributed by atoms with Gasteiger partial charge in [0.15, 0.2) is 0 Å². The Morgan fingerprint density at radius 1 is 0.946 bits per heavy atom. The van der Waals surface area contributed by atoms with E-state index in [0.717, 1.165) is 60.7 Å². The molecule has 1 amide bonds. The highest BCUT2D eigenvalue weighted by Crippen LogP contribution is 2.42. The largest absolute Gasteiger partial charge is 0.393 e. The van der Waals surface area contributed by atoms with Gasteiger partial charge in [-0.2, -0.15) is 5.10 Å². The minimum Gasteiger partial charge on any atom is -0.393 e. The molecule has 0 radical (unpaired) electrons. The highest BCUT2D eigenvalue weighted by Gasteiger charge is 2.40. The third kappa shape index (κ3) is 4.19. The Morgan fingerprint density at radius 3 is 2.38 bits per heavy atom. The maximum atomic E-state index is 13.3. The van der Waals surface area contributed by atoms with E-state index in [9.17, 15) is 9.90 Å². The number of H-pyrrole nitrogens is 1. The molecule has 3 fully saturated rings. The van der Waals surface area contributed by atoms with E-state index in [1.807, 2.05) is 36.4 Å². The van der Waals surface area contributed by atoms with Crippen LogP contribution in [0.4, 0.5) is 5.69 Å². The van der Waals surface area contributed by atoms with Crippen molar-refractivity contribution in [2.75, 3.05) is 4.90 Å². The van der Waals surface area contributed by atoms with Gasteiger partial charge in [-0.1, -0.05) is 42.5 Å². The summed E-state index contributed by atoms with van der Waals surface area (Å²) in [7, 11) is 0. The fourth-order valence-electron chi connectivity index (χ4n) is 6.52. The maximum Gasteiger partial charge on any atom is 0.251 e. The molecule has 2 aliphatic heterocycles. The molecule has 0 spiro atoms. The molecule has 188 valence electrons. The number of nitrogens with zero attached hydrogens (tertiary/aromatic N) is 2. The van der Waals surface area contributed by atoms with Crippen LogP contribution in [0.15, 0.2) is 72.8 Å². The Balaban J connectivity index is 1.14. The van der Waals surface area contributed by atoms with Crippen molar-refractivity contribution in [3.8, 4) is 11.3 Å². The Morgan fingerprint density at radius 2 is 1.68 bits per heavy atom. The van der Waals surface area contributed by atoms with Gasteiger partial charge >= 0.3 is 0 Å². The smallest absolute Gasteiger partial charge is 0.251 e. The van der Waals surface area contributed by atoms with E-state index >= 15 is 0 Å². The van der Waals surface area contributed by atoms with Crippen molar-refractivity contribution < 1.29 is 9.90 Å². The van der Waals surface area contributed by atoms with E-state index in [4.69, 9.17) is 0 Å². The van der Waals surface area contributed by atoms with Crippen LogP contribution in [0.5, 0.6) is 0 Å². The molecule has 3 N–H and O–H groups in total. The first-order chi connectivity index (χ1) is 18.1. The summed E-state index contributed by atoms with van der Waals surface area (Å²) in [4.78, 5) is 15.8. The quantitative estimate of drug-likeness (QED) is 0.327. The molecular weight excluding hydrogens is 460 g/mol. The summed E-state index contributed by atoms with van der Waals surface area (Å²) in [6, 6.07) is 25.6. The third-order valence-electron chi connectivity index (χ3n) is 8.51. The number of carbonyl (C=O) groups is 1. The second-order valence-corrected chi connectivity index (χ2v) is 11.0. The van der Waals surface area contributed by atoms with Crippen molar-refractivity contribution in [2.45, 2.75) is 62.8 Å². The molecule has 3 aliphatic rings. The number of amides is 1. The van der Waals surface area contributed by atoms with Crippen molar-refractivity contribution in [1.82, 2.24) is 15.5 Å². The summed E-state index contributed by atoms with van der Waals surface area (Å²) in [5, 5.41) is 22.1. The standard InChI is InChI=1S/C31H32N4O2/c36-26-17-24-13-14-25(18-26)35(24)23-11-8-21(9-12-23)30-27-16-22(10-15-28(27)33-34-30)31(37)32-29(20-6-7-20)19-4-2-1-3-5-19/h1-5,8-12,15-16,20,24-26,29,36H,6-7,13-14,17-18H2,(H,32,37)(H,33,34)/t24-,25+,26+,29-/m1/s1. The van der Waals surface area contributed by atoms with Crippen LogP contribution in [0.25, 0.3) is 22.2 Å². The lowest BCUT2D eigenvalue weighted by molar-refractivity contribution is 0.0931. The average Bonchev–Trinajstić information content (AvgIpc) is 3.62. The van der Waals surface area contributed by atoms with Gasteiger partial charge in [-0.15, -0.1) is 0 Å². The van der Waals surface area contributed by atoms with Crippen LogP contribution in [0.2, 0.25) is 0 Å². The fourth-order valence-corrected chi connectivity index (χ4v) is 6.52. The Kier molecular flexibility index (Phi) is 5.50. The number of nitrogens with one attached hydrogen (secondary N) is 2. The number of aliphatic hydroxyl groups is 1. The van der Waals surface area contributed by atoms with E-state index in [1.54, 1.807) is 0 Å². The van der Waals surface area contributed by atoms with Crippen molar-refractivity contribution in [3.63, 3.8) is 0 Å². The zero-order valence-corrected chi connectivity index (χ0v) is 20.8. The molecule has 3 heterocycles. The molecule has 37 heavy (non-hydrogen) atoms. The predicted molar refractivity (Wildman–Crippen MR) is 145 cm³/mol. The number of aromatic nitrogens is 2. The lowest BCUT2D eigenvalue weighted by atomic mass is 9.98. The highest BCUT2D eigenvalue weighted by atomic mass is 16.3. The van der Waals surface area contributed by atoms with Gasteiger partial charge in [0.05, 0.1) is 23.4 Å². The normalized spacial score (nSPS) is 23.8. The number of benzene rings is 3. The maximum absolute atomic E-state index is 13.3. The van der Waals surface area contributed by atoms with Crippen molar-refractivity contribution in [2.24, 2.45) is 5.92 Å². The van der Waals surface area contributed by atoms with Crippen LogP contribution in [0, 0.1) is 5.92 Å². The summed E-state index contributed by atoms with van der Waals surface area (Å²) in [5.74, 6) is 0.462. The lowest BCUT2D eigenvalue weighted by Crippen LogP contribution is -2.44. The van der Waals surface area contributed by atoms with Crippen LogP contribution in [0.3, 0.4) is 0 Å². The molecule has 0 unspecified atom stereocenters. The number of anilines is 1. The summed E-state index contributed by atoms with van der Waals surface area (Å²) < 4.78 is 0. The van der Waals surface area contributed by atoms with Crippen LogP contribution in [0.1, 0.15) is 60.5 Å². The van der Waals surface area contributed by atoms with E-state index in [0.29, 0.717) is 23.6 Å². The molecular formula is C31H32N4O2. The first-order valence-corrected chi connectivity index (χ1v) is 13.5. The number of piperidine rings is 1. The Bertz CT molecular complexity index is 1410. The number of hydrogen-bond acceptors (Lipinski definition) is 4. The number of rotatable bonds is 6.